The summed E-state index contributed by atoms with van der Waals surface area (Å²) in [5.74, 6) is 0. The fraction of sp³-hybridized carbons (Fsp3) is 1.00. The van der Waals surface area contributed by atoms with Crippen molar-refractivity contribution >= 4 is 0 Å². The van der Waals surface area contributed by atoms with Crippen molar-refractivity contribution in [1.29, 1.82) is 0 Å². The first-order chi connectivity index (χ1) is 8.28. The van der Waals surface area contributed by atoms with Crippen LogP contribution in [0.25, 0.3) is 0 Å². The van der Waals surface area contributed by atoms with E-state index in [9.17, 15) is 0 Å². The van der Waals surface area contributed by atoms with Gasteiger partial charge in [-0.3, -0.25) is 0 Å². The highest BCUT2D eigenvalue weighted by atomic mass is 15.2. The van der Waals surface area contributed by atoms with Crippen molar-refractivity contribution in [3.05, 3.63) is 0 Å². The van der Waals surface area contributed by atoms with E-state index in [0.717, 1.165) is 6.04 Å². The van der Waals surface area contributed by atoms with Gasteiger partial charge in [0.05, 0.1) is 0 Å². The second-order valence-corrected chi connectivity index (χ2v) is 5.78. The Morgan fingerprint density at radius 3 is 2.29 bits per heavy atom. The molecule has 1 N–H and O–H groups in total. The Bertz CT molecular complexity index is 206. The van der Waals surface area contributed by atoms with E-state index in [1.165, 1.54) is 65.0 Å². The number of hydrogen-bond acceptors (Lipinski definition) is 3. The summed E-state index contributed by atoms with van der Waals surface area (Å²) < 4.78 is 0. The van der Waals surface area contributed by atoms with Gasteiger partial charge in [-0.05, 0) is 65.3 Å². The van der Waals surface area contributed by atoms with Crippen molar-refractivity contribution in [2.24, 2.45) is 0 Å². The zero-order valence-electron chi connectivity index (χ0n) is 11.6. The van der Waals surface area contributed by atoms with Crippen LogP contribution in [0.15, 0.2) is 0 Å². The smallest absolute Gasteiger partial charge is 0.0169 e. The third kappa shape index (κ3) is 4.23. The van der Waals surface area contributed by atoms with Gasteiger partial charge in [0.15, 0.2) is 0 Å². The Hall–Kier alpha value is -0.120. The zero-order chi connectivity index (χ0) is 12.1. The molecule has 2 rings (SSSR count). The molecule has 0 saturated carbocycles. The fourth-order valence-electron chi connectivity index (χ4n) is 3.22. The lowest BCUT2D eigenvalue weighted by molar-refractivity contribution is 0.191. The first-order valence-electron chi connectivity index (χ1n) is 7.48. The second-order valence-electron chi connectivity index (χ2n) is 5.78. The van der Waals surface area contributed by atoms with Gasteiger partial charge in [0.2, 0.25) is 0 Å². The van der Waals surface area contributed by atoms with Gasteiger partial charge in [-0.25, -0.2) is 0 Å². The lowest BCUT2D eigenvalue weighted by atomic mass is 10.0. The van der Waals surface area contributed by atoms with Gasteiger partial charge in [-0.1, -0.05) is 6.92 Å². The van der Waals surface area contributed by atoms with Crippen molar-refractivity contribution in [2.75, 3.05) is 39.3 Å². The Balaban J connectivity index is 1.63. The van der Waals surface area contributed by atoms with Crippen LogP contribution in [-0.4, -0.2) is 61.2 Å². The molecule has 3 nitrogen and oxygen atoms in total. The topological polar surface area (TPSA) is 18.5 Å². The van der Waals surface area contributed by atoms with Gasteiger partial charge in [-0.15, -0.1) is 0 Å². The summed E-state index contributed by atoms with van der Waals surface area (Å²) in [5.41, 5.74) is 0. The lowest BCUT2D eigenvalue weighted by Gasteiger charge is -2.34. The maximum Gasteiger partial charge on any atom is 0.0169 e. The molecule has 1 unspecified atom stereocenters. The van der Waals surface area contributed by atoms with Crippen LogP contribution in [0.1, 0.15) is 39.5 Å². The van der Waals surface area contributed by atoms with Gasteiger partial charge in [-0.2, -0.15) is 0 Å². The second kappa shape index (κ2) is 6.72. The molecule has 3 heteroatoms. The van der Waals surface area contributed by atoms with Crippen LogP contribution >= 0.6 is 0 Å². The summed E-state index contributed by atoms with van der Waals surface area (Å²) in [4.78, 5) is 5.17. The summed E-state index contributed by atoms with van der Waals surface area (Å²) in [7, 11) is 0. The first-order valence-corrected chi connectivity index (χ1v) is 7.48. The Morgan fingerprint density at radius 1 is 1.06 bits per heavy atom. The van der Waals surface area contributed by atoms with Crippen LogP contribution in [0.4, 0.5) is 0 Å². The van der Waals surface area contributed by atoms with E-state index in [2.05, 4.69) is 29.0 Å². The molecule has 17 heavy (non-hydrogen) atoms. The SMILES string of the molecule is CCN1CCC(NC(C)CN2CCCC2)CC1. The fourth-order valence-corrected chi connectivity index (χ4v) is 3.22. The molecule has 2 aliphatic rings. The normalized spacial score (nSPS) is 26.5. The molecule has 2 fully saturated rings. The summed E-state index contributed by atoms with van der Waals surface area (Å²) >= 11 is 0. The van der Waals surface area contributed by atoms with Gasteiger partial charge in [0.1, 0.15) is 0 Å². The Kier molecular flexibility index (Phi) is 5.26. The summed E-state index contributed by atoms with van der Waals surface area (Å²) in [6.45, 7) is 12.3. The number of hydrogen-bond donors (Lipinski definition) is 1. The first kappa shape index (κ1) is 13.3. The van der Waals surface area contributed by atoms with E-state index in [1.807, 2.05) is 0 Å². The van der Waals surface area contributed by atoms with Crippen molar-refractivity contribution in [2.45, 2.75) is 51.6 Å². The minimum atomic E-state index is 0.659. The predicted octanol–water partition coefficient (Wildman–Crippen LogP) is 1.54. The monoisotopic (exact) mass is 239 g/mol. The zero-order valence-corrected chi connectivity index (χ0v) is 11.6. The molecule has 0 aromatic carbocycles. The molecule has 0 amide bonds. The van der Waals surface area contributed by atoms with Crippen LogP contribution < -0.4 is 5.32 Å². The minimum Gasteiger partial charge on any atom is -0.310 e. The van der Waals surface area contributed by atoms with E-state index in [1.54, 1.807) is 0 Å². The highest BCUT2D eigenvalue weighted by molar-refractivity contribution is 4.81. The van der Waals surface area contributed by atoms with Gasteiger partial charge < -0.3 is 15.1 Å². The number of nitrogens with one attached hydrogen (secondary N) is 1. The van der Waals surface area contributed by atoms with Gasteiger partial charge in [0.25, 0.3) is 0 Å². The predicted molar refractivity (Wildman–Crippen MR) is 73.4 cm³/mol. The molecule has 2 saturated heterocycles. The molecule has 0 radical (unpaired) electrons. The summed E-state index contributed by atoms with van der Waals surface area (Å²) in [5, 5.41) is 3.82. The van der Waals surface area contributed by atoms with Gasteiger partial charge >= 0.3 is 0 Å². The van der Waals surface area contributed by atoms with Crippen molar-refractivity contribution < 1.29 is 0 Å². The lowest BCUT2D eigenvalue weighted by Crippen LogP contribution is -2.48. The number of likely N-dealkylation sites (tertiary alicyclic amines) is 2. The highest BCUT2D eigenvalue weighted by Gasteiger charge is 2.21. The molecule has 0 aliphatic carbocycles. The minimum absolute atomic E-state index is 0.659. The van der Waals surface area contributed by atoms with Crippen molar-refractivity contribution in [1.82, 2.24) is 15.1 Å². The number of nitrogens with zero attached hydrogens (tertiary/aromatic N) is 2. The van der Waals surface area contributed by atoms with Crippen LogP contribution in [0.5, 0.6) is 0 Å². The van der Waals surface area contributed by atoms with Crippen LogP contribution in [0, 0.1) is 0 Å². The average molecular weight is 239 g/mol. The molecule has 2 aliphatic heterocycles. The quantitative estimate of drug-likeness (QED) is 0.785. The molecule has 0 bridgehead atoms. The van der Waals surface area contributed by atoms with Gasteiger partial charge in [0, 0.05) is 18.6 Å². The molecule has 100 valence electrons. The Morgan fingerprint density at radius 2 is 1.71 bits per heavy atom. The van der Waals surface area contributed by atoms with Crippen LogP contribution in [-0.2, 0) is 0 Å². The van der Waals surface area contributed by atoms with E-state index in [-0.39, 0.29) is 0 Å². The van der Waals surface area contributed by atoms with Crippen molar-refractivity contribution in [3.8, 4) is 0 Å². The molecule has 0 aromatic heterocycles. The van der Waals surface area contributed by atoms with Crippen LogP contribution in [0.2, 0.25) is 0 Å². The Labute approximate surface area is 107 Å². The third-order valence-corrected chi connectivity index (χ3v) is 4.29. The summed E-state index contributed by atoms with van der Waals surface area (Å²) in [6.07, 6.45) is 5.47. The molecular weight excluding hydrogens is 210 g/mol. The standard InChI is InChI=1S/C14H29N3/c1-3-16-10-6-14(7-11-16)15-13(2)12-17-8-4-5-9-17/h13-15H,3-12H2,1-2H3. The molecule has 1 atom stereocenters. The van der Waals surface area contributed by atoms with E-state index in [0.29, 0.717) is 6.04 Å². The third-order valence-electron chi connectivity index (χ3n) is 4.29. The average Bonchev–Trinajstić information content (AvgIpc) is 2.82. The van der Waals surface area contributed by atoms with E-state index >= 15 is 0 Å². The molecule has 0 aromatic rings. The highest BCUT2D eigenvalue weighted by Crippen LogP contribution is 2.12. The maximum atomic E-state index is 3.82. The number of rotatable bonds is 5. The number of piperidine rings is 1. The van der Waals surface area contributed by atoms with Crippen LogP contribution in [0.3, 0.4) is 0 Å². The maximum absolute atomic E-state index is 3.82. The molecule has 2 heterocycles. The van der Waals surface area contributed by atoms with E-state index in [4.69, 9.17) is 0 Å². The largest absolute Gasteiger partial charge is 0.310 e. The van der Waals surface area contributed by atoms with E-state index < -0.39 is 0 Å². The summed E-state index contributed by atoms with van der Waals surface area (Å²) in [6, 6.07) is 1.42. The molecular formula is C14H29N3. The molecule has 0 spiro atoms. The van der Waals surface area contributed by atoms with Crippen molar-refractivity contribution in [3.63, 3.8) is 0 Å².